The van der Waals surface area contributed by atoms with Crippen molar-refractivity contribution >= 4 is 29.2 Å². The van der Waals surface area contributed by atoms with E-state index in [-0.39, 0.29) is 11.7 Å². The molecule has 10 heteroatoms. The molecule has 36 heavy (non-hydrogen) atoms. The van der Waals surface area contributed by atoms with Crippen molar-refractivity contribution in [1.29, 1.82) is 0 Å². The first-order valence-corrected chi connectivity index (χ1v) is 11.7. The van der Waals surface area contributed by atoms with Crippen molar-refractivity contribution in [3.05, 3.63) is 75.2 Å². The maximum Gasteiger partial charge on any atom is 0.276 e. The summed E-state index contributed by atoms with van der Waals surface area (Å²) in [5.41, 5.74) is 8.12. The molecule has 2 heterocycles. The van der Waals surface area contributed by atoms with Crippen molar-refractivity contribution in [1.82, 2.24) is 9.78 Å². The standard InChI is InChI=1S/C26H28F2N6O2/c1-15(2)30-14-17-23(29)16(3)13-21(24(17)33-11-4-5-12-33)31-26(36)20-9-10-22(35)34(32-20)25-18(27)7-6-8-19(25)28/h6-10,13-15H,4-5,11-12,29H2,1-3H3,(H,31,36). The van der Waals surface area contributed by atoms with Gasteiger partial charge in [0.25, 0.3) is 11.5 Å². The summed E-state index contributed by atoms with van der Waals surface area (Å²) in [5.74, 6) is -2.58. The molecule has 1 amide bonds. The third-order valence-corrected chi connectivity index (χ3v) is 5.94. The van der Waals surface area contributed by atoms with Gasteiger partial charge in [-0.05, 0) is 63.4 Å². The molecule has 0 radical (unpaired) electrons. The van der Waals surface area contributed by atoms with E-state index >= 15 is 0 Å². The molecule has 1 aliphatic heterocycles. The largest absolute Gasteiger partial charge is 0.398 e. The molecule has 4 rings (SSSR count). The fourth-order valence-corrected chi connectivity index (χ4v) is 4.15. The third-order valence-electron chi connectivity index (χ3n) is 5.94. The topological polar surface area (TPSA) is 106 Å². The summed E-state index contributed by atoms with van der Waals surface area (Å²) in [6.07, 6.45) is 3.74. The molecule has 0 atom stereocenters. The van der Waals surface area contributed by atoms with Gasteiger partial charge in [-0.2, -0.15) is 9.78 Å². The van der Waals surface area contributed by atoms with E-state index in [0.29, 0.717) is 21.6 Å². The number of nitrogen functional groups attached to an aromatic ring is 1. The fourth-order valence-electron chi connectivity index (χ4n) is 4.15. The Morgan fingerprint density at radius 2 is 1.81 bits per heavy atom. The molecule has 0 bridgehead atoms. The van der Waals surface area contributed by atoms with Crippen LogP contribution in [0.3, 0.4) is 0 Å². The van der Waals surface area contributed by atoms with Crippen molar-refractivity contribution in [3.63, 3.8) is 0 Å². The van der Waals surface area contributed by atoms with Crippen molar-refractivity contribution < 1.29 is 13.6 Å². The molecule has 0 aliphatic carbocycles. The highest BCUT2D eigenvalue weighted by Gasteiger charge is 2.24. The zero-order valence-corrected chi connectivity index (χ0v) is 20.4. The highest BCUT2D eigenvalue weighted by Crippen LogP contribution is 2.37. The van der Waals surface area contributed by atoms with Crippen molar-refractivity contribution in [2.45, 2.75) is 39.7 Å². The number of aromatic nitrogens is 2. The van der Waals surface area contributed by atoms with Crippen LogP contribution in [-0.2, 0) is 0 Å². The SMILES string of the molecule is Cc1cc(NC(=O)c2ccc(=O)n(-c3c(F)cccc3F)n2)c(N2CCCC2)c(C=NC(C)C)c1N. The number of para-hydroxylation sites is 1. The second-order valence-electron chi connectivity index (χ2n) is 8.98. The van der Waals surface area contributed by atoms with E-state index in [4.69, 9.17) is 5.73 Å². The first kappa shape index (κ1) is 25.0. The number of aliphatic imine (C=N–C) groups is 1. The summed E-state index contributed by atoms with van der Waals surface area (Å²) in [6, 6.07) is 7.30. The average molecular weight is 495 g/mol. The molecule has 1 saturated heterocycles. The fraction of sp³-hybridized carbons (Fsp3) is 0.308. The number of benzene rings is 2. The van der Waals surface area contributed by atoms with Crippen LogP contribution in [0, 0.1) is 18.6 Å². The minimum atomic E-state index is -0.971. The van der Waals surface area contributed by atoms with Gasteiger partial charge in [0, 0.05) is 42.7 Å². The number of aryl methyl sites for hydroxylation is 1. The molecule has 1 aliphatic rings. The van der Waals surface area contributed by atoms with Gasteiger partial charge in [-0.25, -0.2) is 8.78 Å². The third kappa shape index (κ3) is 4.98. The molecular formula is C26H28F2N6O2. The maximum absolute atomic E-state index is 14.3. The number of hydrogen-bond donors (Lipinski definition) is 2. The van der Waals surface area contributed by atoms with Gasteiger partial charge in [-0.3, -0.25) is 14.6 Å². The summed E-state index contributed by atoms with van der Waals surface area (Å²) in [4.78, 5) is 32.3. The van der Waals surface area contributed by atoms with E-state index in [2.05, 4.69) is 20.3 Å². The zero-order valence-electron chi connectivity index (χ0n) is 20.4. The normalized spacial score (nSPS) is 13.7. The zero-order chi connectivity index (χ0) is 26.0. The molecule has 0 saturated carbocycles. The van der Waals surface area contributed by atoms with Gasteiger partial charge in [-0.15, -0.1) is 0 Å². The summed E-state index contributed by atoms with van der Waals surface area (Å²) >= 11 is 0. The number of carbonyl (C=O) groups is 1. The van der Waals surface area contributed by atoms with Gasteiger partial charge in [0.2, 0.25) is 0 Å². The predicted octanol–water partition coefficient (Wildman–Crippen LogP) is 4.08. The Labute approximate surface area is 207 Å². The molecule has 1 fully saturated rings. The highest BCUT2D eigenvalue weighted by molar-refractivity contribution is 6.08. The van der Waals surface area contributed by atoms with Gasteiger partial charge in [-0.1, -0.05) is 6.07 Å². The number of nitrogens with zero attached hydrogens (tertiary/aromatic N) is 4. The van der Waals surface area contributed by atoms with Crippen molar-refractivity contribution in [2.75, 3.05) is 29.0 Å². The van der Waals surface area contributed by atoms with Crippen LogP contribution < -0.4 is 21.5 Å². The number of hydrogen-bond acceptors (Lipinski definition) is 6. The Morgan fingerprint density at radius 3 is 2.44 bits per heavy atom. The van der Waals surface area contributed by atoms with E-state index < -0.39 is 28.8 Å². The van der Waals surface area contributed by atoms with Crippen LogP contribution >= 0.6 is 0 Å². The van der Waals surface area contributed by atoms with Crippen LogP contribution in [0.2, 0.25) is 0 Å². The Balaban J connectivity index is 1.78. The van der Waals surface area contributed by atoms with Gasteiger partial charge >= 0.3 is 0 Å². The first-order valence-electron chi connectivity index (χ1n) is 11.7. The summed E-state index contributed by atoms with van der Waals surface area (Å²) in [5, 5.41) is 6.82. The lowest BCUT2D eigenvalue weighted by Crippen LogP contribution is -2.27. The number of anilines is 3. The molecule has 2 aromatic carbocycles. The Morgan fingerprint density at radius 1 is 1.14 bits per heavy atom. The molecule has 8 nitrogen and oxygen atoms in total. The van der Waals surface area contributed by atoms with E-state index in [9.17, 15) is 18.4 Å². The molecule has 0 unspecified atom stereocenters. The minimum Gasteiger partial charge on any atom is -0.398 e. The lowest BCUT2D eigenvalue weighted by atomic mass is 10.0. The Bertz CT molecular complexity index is 1370. The molecule has 0 spiro atoms. The minimum absolute atomic E-state index is 0.0541. The monoisotopic (exact) mass is 494 g/mol. The predicted molar refractivity (Wildman–Crippen MR) is 137 cm³/mol. The number of halogens is 2. The van der Waals surface area contributed by atoms with Gasteiger partial charge < -0.3 is 16.0 Å². The molecule has 3 aromatic rings. The van der Waals surface area contributed by atoms with Crippen molar-refractivity contribution in [2.24, 2.45) is 4.99 Å². The lowest BCUT2D eigenvalue weighted by Gasteiger charge is -2.26. The summed E-state index contributed by atoms with van der Waals surface area (Å²) in [6.45, 7) is 7.34. The van der Waals surface area contributed by atoms with Gasteiger partial charge in [0.15, 0.2) is 11.6 Å². The van der Waals surface area contributed by atoms with Crippen LogP contribution in [0.25, 0.3) is 5.69 Å². The Hall–Kier alpha value is -4.08. The second kappa shape index (κ2) is 10.3. The van der Waals surface area contributed by atoms with Crippen molar-refractivity contribution in [3.8, 4) is 5.69 Å². The van der Waals surface area contributed by atoms with E-state index in [1.165, 1.54) is 12.1 Å². The van der Waals surface area contributed by atoms with Crippen LogP contribution in [0.1, 0.15) is 48.3 Å². The van der Waals surface area contributed by atoms with Crippen LogP contribution in [0.5, 0.6) is 0 Å². The number of carbonyl (C=O) groups excluding carboxylic acids is 1. The van der Waals surface area contributed by atoms with Gasteiger partial charge in [0.1, 0.15) is 11.4 Å². The lowest BCUT2D eigenvalue weighted by molar-refractivity contribution is 0.102. The summed E-state index contributed by atoms with van der Waals surface area (Å²) in [7, 11) is 0. The van der Waals surface area contributed by atoms with Gasteiger partial charge in [0.05, 0.1) is 11.4 Å². The smallest absolute Gasteiger partial charge is 0.276 e. The van der Waals surface area contributed by atoms with E-state index in [1.54, 1.807) is 12.3 Å². The molecule has 3 N–H and O–H groups in total. The highest BCUT2D eigenvalue weighted by atomic mass is 19.1. The number of rotatable bonds is 6. The van der Waals surface area contributed by atoms with Crippen LogP contribution in [0.4, 0.5) is 25.8 Å². The second-order valence-corrected chi connectivity index (χ2v) is 8.98. The quantitative estimate of drug-likeness (QED) is 0.397. The number of nitrogens with one attached hydrogen (secondary N) is 1. The molecular weight excluding hydrogens is 466 g/mol. The Kier molecular flexibility index (Phi) is 7.14. The average Bonchev–Trinajstić information content (AvgIpc) is 3.35. The van der Waals surface area contributed by atoms with E-state index in [1.807, 2.05) is 20.8 Å². The van der Waals surface area contributed by atoms with Crippen LogP contribution in [-0.4, -0.2) is 41.0 Å². The number of amides is 1. The molecule has 1 aromatic heterocycles. The van der Waals surface area contributed by atoms with Crippen LogP contribution in [0.15, 0.2) is 46.2 Å². The maximum atomic E-state index is 14.3. The number of nitrogens with two attached hydrogens (primary N) is 1. The van der Waals surface area contributed by atoms with E-state index in [0.717, 1.165) is 55.4 Å². The first-order chi connectivity index (χ1) is 17.2. The summed E-state index contributed by atoms with van der Waals surface area (Å²) < 4.78 is 29.2. The molecule has 188 valence electrons.